The smallest absolute Gasteiger partial charge is 0.329 e. The summed E-state index contributed by atoms with van der Waals surface area (Å²) in [4.78, 5) is 3.29. The van der Waals surface area contributed by atoms with Crippen LogP contribution in [0.5, 0.6) is 5.75 Å². The quantitative estimate of drug-likeness (QED) is 0.471. The Morgan fingerprint density at radius 3 is 2.38 bits per heavy atom. The Bertz CT molecular complexity index is 1090. The van der Waals surface area contributed by atoms with Crippen LogP contribution >= 0.6 is 11.3 Å². The molecule has 1 atom stereocenters. The molecule has 3 nitrogen and oxygen atoms in total. The molecule has 29 heavy (non-hydrogen) atoms. The van der Waals surface area contributed by atoms with E-state index in [9.17, 15) is 4.39 Å². The Morgan fingerprint density at radius 2 is 1.76 bits per heavy atom. The molecule has 1 aromatic heterocycles. The van der Waals surface area contributed by atoms with Crippen molar-refractivity contribution in [3.05, 3.63) is 101 Å². The molecular weight excluding hydrogens is 383 g/mol. The van der Waals surface area contributed by atoms with Crippen LogP contribution in [-0.4, -0.2) is 7.11 Å². The number of nitrogen functional groups attached to an aromatic ring is 1. The highest BCUT2D eigenvalue weighted by Gasteiger charge is 2.20. The molecule has 3 aromatic carbocycles. The van der Waals surface area contributed by atoms with Gasteiger partial charge in [0.25, 0.3) is 0 Å². The predicted octanol–water partition coefficient (Wildman–Crippen LogP) is 5.33. The molecule has 0 amide bonds. The lowest BCUT2D eigenvalue weighted by atomic mass is 9.89. The molecule has 4 rings (SSSR count). The van der Waals surface area contributed by atoms with E-state index in [0.717, 1.165) is 29.0 Å². The highest BCUT2D eigenvalue weighted by Crippen LogP contribution is 2.30. The Hall–Kier alpha value is -3.18. The zero-order valence-electron chi connectivity index (χ0n) is 16.1. The average molecular weight is 406 g/mol. The summed E-state index contributed by atoms with van der Waals surface area (Å²) in [5.41, 5.74) is 11.3. The number of aromatic amines is 1. The van der Waals surface area contributed by atoms with Crippen LogP contribution in [0.1, 0.15) is 22.7 Å². The minimum Gasteiger partial charge on any atom is -0.497 e. The van der Waals surface area contributed by atoms with Gasteiger partial charge in [-0.05, 0) is 52.9 Å². The molecule has 0 unspecified atom stereocenters. The lowest BCUT2D eigenvalue weighted by Crippen LogP contribution is -2.17. The molecule has 0 saturated carbocycles. The van der Waals surface area contributed by atoms with Gasteiger partial charge in [0.05, 0.1) is 13.0 Å². The second kappa shape index (κ2) is 8.45. The number of nitrogens with two attached hydrogens (primary N) is 1. The second-order valence-electron chi connectivity index (χ2n) is 6.92. The van der Waals surface area contributed by atoms with Gasteiger partial charge in [0.15, 0.2) is 0 Å². The van der Waals surface area contributed by atoms with Crippen LogP contribution in [0.3, 0.4) is 0 Å². The van der Waals surface area contributed by atoms with Crippen molar-refractivity contribution in [3.8, 4) is 16.9 Å². The maximum atomic E-state index is 13.5. The van der Waals surface area contributed by atoms with E-state index in [4.69, 9.17) is 10.5 Å². The second-order valence-corrected chi connectivity index (χ2v) is 7.83. The fraction of sp³-hybridized carbons (Fsp3) is 0.125. The SMILES string of the molecule is COc1ccc([C@H](Cc2ccc(-c3cccc(F)c3)cc2)c2csc(N)[nH+]2)cc1. The molecule has 0 radical (unpaired) electrons. The number of benzene rings is 3. The number of anilines is 1. The molecule has 1 heterocycles. The Labute approximate surface area is 173 Å². The van der Waals surface area contributed by atoms with Crippen LogP contribution in [0.4, 0.5) is 9.52 Å². The number of nitrogens with one attached hydrogen (secondary N) is 1. The number of methoxy groups -OCH3 is 1. The minimum atomic E-state index is -0.225. The normalized spacial score (nSPS) is 11.9. The summed E-state index contributed by atoms with van der Waals surface area (Å²) in [5.74, 6) is 0.756. The van der Waals surface area contributed by atoms with Gasteiger partial charge in [-0.1, -0.05) is 59.9 Å². The zero-order chi connectivity index (χ0) is 20.2. The molecule has 0 bridgehead atoms. The van der Waals surface area contributed by atoms with Crippen molar-refractivity contribution >= 4 is 16.5 Å². The number of halogens is 1. The first kappa shape index (κ1) is 19.2. The number of ether oxygens (including phenoxy) is 1. The van der Waals surface area contributed by atoms with Gasteiger partial charge in [0.2, 0.25) is 0 Å². The number of thiazole rings is 1. The van der Waals surface area contributed by atoms with E-state index in [0.29, 0.717) is 5.13 Å². The van der Waals surface area contributed by atoms with Crippen LogP contribution in [0.15, 0.2) is 78.2 Å². The van der Waals surface area contributed by atoms with Gasteiger partial charge in [-0.25, -0.2) is 9.37 Å². The van der Waals surface area contributed by atoms with E-state index in [2.05, 4.69) is 34.6 Å². The summed E-state index contributed by atoms with van der Waals surface area (Å²) in [5, 5.41) is 2.77. The first-order chi connectivity index (χ1) is 14.1. The summed E-state index contributed by atoms with van der Waals surface area (Å²) in [7, 11) is 1.67. The minimum absolute atomic E-state index is 0.148. The lowest BCUT2D eigenvalue weighted by molar-refractivity contribution is -0.368. The van der Waals surface area contributed by atoms with Crippen LogP contribution in [0, 0.1) is 5.82 Å². The van der Waals surface area contributed by atoms with E-state index in [1.54, 1.807) is 19.2 Å². The van der Waals surface area contributed by atoms with Gasteiger partial charge >= 0.3 is 5.13 Å². The molecule has 0 aliphatic carbocycles. The molecular formula is C24H22FN2OS+. The molecule has 5 heteroatoms. The summed E-state index contributed by atoms with van der Waals surface area (Å²) < 4.78 is 18.8. The topological polar surface area (TPSA) is 49.4 Å². The molecule has 3 N–H and O–H groups in total. The lowest BCUT2D eigenvalue weighted by Gasteiger charge is -2.15. The monoisotopic (exact) mass is 405 g/mol. The van der Waals surface area contributed by atoms with Gasteiger partial charge in [-0.2, -0.15) is 0 Å². The third-order valence-corrected chi connectivity index (χ3v) is 5.75. The highest BCUT2D eigenvalue weighted by molar-refractivity contribution is 7.13. The van der Waals surface area contributed by atoms with Crippen LogP contribution in [-0.2, 0) is 6.42 Å². The van der Waals surface area contributed by atoms with Crippen LogP contribution < -0.4 is 15.5 Å². The van der Waals surface area contributed by atoms with Crippen LogP contribution in [0.2, 0.25) is 0 Å². The van der Waals surface area contributed by atoms with Gasteiger partial charge in [-0.15, -0.1) is 0 Å². The number of rotatable bonds is 6. The third kappa shape index (κ3) is 4.46. The summed E-state index contributed by atoms with van der Waals surface area (Å²) in [6.45, 7) is 0. The Kier molecular flexibility index (Phi) is 5.58. The molecule has 146 valence electrons. The molecule has 0 aliphatic rings. The molecule has 4 aromatic rings. The van der Waals surface area contributed by atoms with Crippen molar-refractivity contribution in [1.29, 1.82) is 0 Å². The zero-order valence-corrected chi connectivity index (χ0v) is 16.9. The fourth-order valence-electron chi connectivity index (χ4n) is 3.48. The van der Waals surface area contributed by atoms with Crippen molar-refractivity contribution in [1.82, 2.24) is 0 Å². The maximum Gasteiger partial charge on any atom is 0.329 e. The molecule has 0 aliphatic heterocycles. The van der Waals surface area contributed by atoms with Gasteiger partial charge in [-0.3, -0.25) is 5.73 Å². The standard InChI is InChI=1S/C24H21FN2OS/c1-28-21-11-9-18(10-12-21)22(23-15-29-24(26)27-23)13-16-5-7-17(8-6-16)19-3-2-4-20(25)14-19/h2-12,14-15,22H,13H2,1H3,(H2,26,27)/p+1/t22-/m0/s1. The first-order valence-corrected chi connectivity index (χ1v) is 10.3. The Morgan fingerprint density at radius 1 is 1.00 bits per heavy atom. The van der Waals surface area contributed by atoms with Crippen molar-refractivity contribution in [2.24, 2.45) is 0 Å². The van der Waals surface area contributed by atoms with E-state index >= 15 is 0 Å². The number of H-pyrrole nitrogens is 1. The van der Waals surface area contributed by atoms with Crippen molar-refractivity contribution in [2.75, 3.05) is 12.8 Å². The largest absolute Gasteiger partial charge is 0.497 e. The van der Waals surface area contributed by atoms with Crippen LogP contribution in [0.25, 0.3) is 11.1 Å². The molecule has 0 saturated heterocycles. The fourth-order valence-corrected chi connectivity index (χ4v) is 4.13. The van der Waals surface area contributed by atoms with Gasteiger partial charge in [0, 0.05) is 5.38 Å². The maximum absolute atomic E-state index is 13.5. The predicted molar refractivity (Wildman–Crippen MR) is 116 cm³/mol. The first-order valence-electron chi connectivity index (χ1n) is 9.37. The summed E-state index contributed by atoms with van der Waals surface area (Å²) >= 11 is 1.51. The average Bonchev–Trinajstić information content (AvgIpc) is 3.18. The van der Waals surface area contributed by atoms with Crippen molar-refractivity contribution in [2.45, 2.75) is 12.3 Å². The van der Waals surface area contributed by atoms with Gasteiger partial charge < -0.3 is 4.74 Å². The Balaban J connectivity index is 1.62. The van der Waals surface area contributed by atoms with E-state index in [1.807, 2.05) is 30.3 Å². The molecule has 0 fully saturated rings. The van der Waals surface area contributed by atoms with Gasteiger partial charge in [0.1, 0.15) is 17.3 Å². The molecule has 0 spiro atoms. The highest BCUT2D eigenvalue weighted by atomic mass is 32.1. The third-order valence-electron chi connectivity index (χ3n) is 5.03. The summed E-state index contributed by atoms with van der Waals surface area (Å²) in [6.07, 6.45) is 0.822. The van der Waals surface area contributed by atoms with E-state index in [1.165, 1.54) is 28.5 Å². The van der Waals surface area contributed by atoms with E-state index in [-0.39, 0.29) is 11.7 Å². The van der Waals surface area contributed by atoms with Crippen molar-refractivity contribution in [3.63, 3.8) is 0 Å². The number of aromatic nitrogens is 1. The van der Waals surface area contributed by atoms with Crippen molar-refractivity contribution < 1.29 is 14.1 Å². The number of hydrogen-bond donors (Lipinski definition) is 1. The summed E-state index contributed by atoms with van der Waals surface area (Å²) in [6, 6.07) is 23.1. The number of hydrogen-bond acceptors (Lipinski definition) is 3. The van der Waals surface area contributed by atoms with E-state index < -0.39 is 0 Å².